The van der Waals surface area contributed by atoms with Gasteiger partial charge in [-0.2, -0.15) is 0 Å². The maximum atomic E-state index is 11.7. The van der Waals surface area contributed by atoms with Crippen LogP contribution in [0.3, 0.4) is 0 Å². The summed E-state index contributed by atoms with van der Waals surface area (Å²) in [5.74, 6) is 0.364. The van der Waals surface area contributed by atoms with Crippen LogP contribution in [-0.4, -0.2) is 22.2 Å². The number of benzene rings is 1. The van der Waals surface area contributed by atoms with Crippen LogP contribution in [0.1, 0.15) is 18.9 Å². The minimum atomic E-state index is -0.372. The van der Waals surface area contributed by atoms with E-state index in [0.717, 1.165) is 18.5 Å². The van der Waals surface area contributed by atoms with Gasteiger partial charge in [0.15, 0.2) is 0 Å². The highest BCUT2D eigenvalue weighted by molar-refractivity contribution is 5.67. The zero-order valence-electron chi connectivity index (χ0n) is 12.2. The number of aromatic nitrogens is 2. The monoisotopic (exact) mass is 287 g/mol. The number of amides is 1. The van der Waals surface area contributed by atoms with Gasteiger partial charge in [0.25, 0.3) is 0 Å². The number of nitrogens with one attached hydrogen (secondary N) is 1. The Balaban J connectivity index is 1.69. The third-order valence-electron chi connectivity index (χ3n) is 3.35. The molecule has 5 heteroatoms. The molecule has 1 amide bonds. The average Bonchev–Trinajstić information content (AvgIpc) is 3.03. The Morgan fingerprint density at radius 2 is 2.19 bits per heavy atom. The van der Waals surface area contributed by atoms with E-state index >= 15 is 0 Å². The summed E-state index contributed by atoms with van der Waals surface area (Å²) in [5.41, 5.74) is 0.984. The molecule has 0 bridgehead atoms. The molecule has 0 aliphatic heterocycles. The first kappa shape index (κ1) is 15.1. The fourth-order valence-corrected chi connectivity index (χ4v) is 2.03. The SMILES string of the molecule is CCC(CNC(=O)OCc1ccccc1)Cn1ccnc1. The molecule has 0 radical (unpaired) electrons. The highest BCUT2D eigenvalue weighted by atomic mass is 16.5. The van der Waals surface area contributed by atoms with Gasteiger partial charge < -0.3 is 14.6 Å². The summed E-state index contributed by atoms with van der Waals surface area (Å²) in [6.07, 6.45) is 6.08. The molecule has 0 fully saturated rings. The van der Waals surface area contributed by atoms with Crippen LogP contribution in [0.2, 0.25) is 0 Å². The average molecular weight is 287 g/mol. The van der Waals surface area contributed by atoms with E-state index in [1.54, 1.807) is 12.5 Å². The van der Waals surface area contributed by atoms with Gasteiger partial charge in [-0.3, -0.25) is 0 Å². The Bertz CT molecular complexity index is 526. The van der Waals surface area contributed by atoms with Crippen molar-refractivity contribution in [3.05, 3.63) is 54.6 Å². The number of carbonyl (C=O) groups excluding carboxylic acids is 1. The number of rotatable bonds is 7. The third kappa shape index (κ3) is 5.30. The molecule has 1 aromatic heterocycles. The molecule has 2 rings (SSSR count). The van der Waals surface area contributed by atoms with E-state index in [0.29, 0.717) is 19.1 Å². The molecule has 1 heterocycles. The number of carbonyl (C=O) groups is 1. The van der Waals surface area contributed by atoms with Gasteiger partial charge in [-0.05, 0) is 17.9 Å². The lowest BCUT2D eigenvalue weighted by Crippen LogP contribution is -2.31. The van der Waals surface area contributed by atoms with Crippen LogP contribution in [0.4, 0.5) is 4.79 Å². The molecule has 2 aromatic rings. The molecule has 1 N–H and O–H groups in total. The molecule has 1 aromatic carbocycles. The smallest absolute Gasteiger partial charge is 0.407 e. The van der Waals surface area contributed by atoms with Crippen LogP contribution < -0.4 is 5.32 Å². The van der Waals surface area contributed by atoms with Gasteiger partial charge in [-0.15, -0.1) is 0 Å². The molecule has 1 unspecified atom stereocenters. The minimum absolute atomic E-state index is 0.297. The van der Waals surface area contributed by atoms with Crippen LogP contribution >= 0.6 is 0 Å². The summed E-state index contributed by atoms with van der Waals surface area (Å²) < 4.78 is 7.21. The van der Waals surface area contributed by atoms with Crippen molar-refractivity contribution in [3.8, 4) is 0 Å². The first-order valence-corrected chi connectivity index (χ1v) is 7.18. The number of hydrogen-bond acceptors (Lipinski definition) is 3. The van der Waals surface area contributed by atoms with Crippen molar-refractivity contribution in [2.75, 3.05) is 6.54 Å². The summed E-state index contributed by atoms with van der Waals surface area (Å²) >= 11 is 0. The van der Waals surface area contributed by atoms with Gasteiger partial charge in [-0.1, -0.05) is 37.3 Å². The molecule has 112 valence electrons. The predicted octanol–water partition coefficient (Wildman–Crippen LogP) is 2.84. The van der Waals surface area contributed by atoms with Crippen molar-refractivity contribution in [1.29, 1.82) is 0 Å². The van der Waals surface area contributed by atoms with Crippen LogP contribution in [0.5, 0.6) is 0 Å². The van der Waals surface area contributed by atoms with E-state index in [9.17, 15) is 4.79 Å². The molecule has 0 spiro atoms. The normalized spacial score (nSPS) is 11.9. The predicted molar refractivity (Wildman–Crippen MR) is 80.6 cm³/mol. The number of nitrogens with zero attached hydrogens (tertiary/aromatic N) is 2. The van der Waals surface area contributed by atoms with Crippen molar-refractivity contribution in [3.63, 3.8) is 0 Å². The van der Waals surface area contributed by atoms with Gasteiger partial charge in [0.2, 0.25) is 0 Å². The number of hydrogen-bond donors (Lipinski definition) is 1. The Hall–Kier alpha value is -2.30. The van der Waals surface area contributed by atoms with E-state index in [2.05, 4.69) is 17.2 Å². The number of imidazole rings is 1. The zero-order valence-corrected chi connectivity index (χ0v) is 12.2. The molecule has 21 heavy (non-hydrogen) atoms. The van der Waals surface area contributed by atoms with Crippen LogP contribution in [0, 0.1) is 5.92 Å². The minimum Gasteiger partial charge on any atom is -0.445 e. The van der Waals surface area contributed by atoms with Crippen LogP contribution in [-0.2, 0) is 17.9 Å². The molecule has 0 saturated heterocycles. The van der Waals surface area contributed by atoms with E-state index in [1.165, 1.54) is 0 Å². The zero-order chi connectivity index (χ0) is 14.9. The summed E-state index contributed by atoms with van der Waals surface area (Å²) in [7, 11) is 0. The Morgan fingerprint density at radius 3 is 2.86 bits per heavy atom. The first-order chi connectivity index (χ1) is 10.3. The van der Waals surface area contributed by atoms with Gasteiger partial charge in [0, 0.05) is 25.5 Å². The molecular formula is C16H21N3O2. The summed E-state index contributed by atoms with van der Waals surface area (Å²) in [4.78, 5) is 15.7. The summed E-state index contributed by atoms with van der Waals surface area (Å²) in [6.45, 7) is 3.85. The lowest BCUT2D eigenvalue weighted by atomic mass is 10.1. The van der Waals surface area contributed by atoms with Crippen LogP contribution in [0.25, 0.3) is 0 Å². The second-order valence-electron chi connectivity index (χ2n) is 4.98. The molecule has 0 saturated carbocycles. The Kier molecular flexibility index (Phi) is 5.82. The summed E-state index contributed by atoms with van der Waals surface area (Å²) in [5, 5.41) is 2.82. The highest BCUT2D eigenvalue weighted by Crippen LogP contribution is 2.06. The molecule has 5 nitrogen and oxygen atoms in total. The largest absolute Gasteiger partial charge is 0.445 e. The quantitative estimate of drug-likeness (QED) is 0.852. The molecular weight excluding hydrogens is 266 g/mol. The lowest BCUT2D eigenvalue weighted by molar-refractivity contribution is 0.137. The van der Waals surface area contributed by atoms with Crippen molar-refractivity contribution in [1.82, 2.24) is 14.9 Å². The van der Waals surface area contributed by atoms with E-state index in [-0.39, 0.29) is 6.09 Å². The van der Waals surface area contributed by atoms with Gasteiger partial charge >= 0.3 is 6.09 Å². The molecule has 1 atom stereocenters. The Labute approximate surface area is 125 Å². The van der Waals surface area contributed by atoms with E-state index < -0.39 is 0 Å². The number of alkyl carbamates (subject to hydrolysis) is 1. The van der Waals surface area contributed by atoms with Crippen molar-refractivity contribution in [2.24, 2.45) is 5.92 Å². The topological polar surface area (TPSA) is 56.1 Å². The molecule has 0 aliphatic carbocycles. The number of ether oxygens (including phenoxy) is 1. The summed E-state index contributed by atoms with van der Waals surface area (Å²) in [6, 6.07) is 9.65. The second kappa shape index (κ2) is 8.09. The Morgan fingerprint density at radius 1 is 1.38 bits per heavy atom. The van der Waals surface area contributed by atoms with Crippen molar-refractivity contribution in [2.45, 2.75) is 26.5 Å². The maximum absolute atomic E-state index is 11.7. The third-order valence-corrected chi connectivity index (χ3v) is 3.35. The van der Waals surface area contributed by atoms with Crippen molar-refractivity contribution >= 4 is 6.09 Å². The highest BCUT2D eigenvalue weighted by Gasteiger charge is 2.10. The molecule has 0 aliphatic rings. The maximum Gasteiger partial charge on any atom is 0.407 e. The van der Waals surface area contributed by atoms with Gasteiger partial charge in [-0.25, -0.2) is 9.78 Å². The lowest BCUT2D eigenvalue weighted by Gasteiger charge is -2.16. The standard InChI is InChI=1S/C16H21N3O2/c1-2-14(11-19-9-8-17-13-19)10-18-16(20)21-12-15-6-4-3-5-7-15/h3-9,13-14H,2,10-12H2,1H3,(H,18,20). The first-order valence-electron chi connectivity index (χ1n) is 7.18. The van der Waals surface area contributed by atoms with Crippen LogP contribution in [0.15, 0.2) is 49.1 Å². The second-order valence-corrected chi connectivity index (χ2v) is 4.98. The van der Waals surface area contributed by atoms with E-state index in [1.807, 2.05) is 41.1 Å². The fourth-order valence-electron chi connectivity index (χ4n) is 2.03. The van der Waals surface area contributed by atoms with Gasteiger partial charge in [0.1, 0.15) is 6.61 Å². The van der Waals surface area contributed by atoms with Gasteiger partial charge in [0.05, 0.1) is 6.33 Å². The van der Waals surface area contributed by atoms with E-state index in [4.69, 9.17) is 4.74 Å². The fraction of sp³-hybridized carbons (Fsp3) is 0.375. The van der Waals surface area contributed by atoms with Crippen molar-refractivity contribution < 1.29 is 9.53 Å².